The lowest BCUT2D eigenvalue weighted by Gasteiger charge is -2.07. The highest BCUT2D eigenvalue weighted by molar-refractivity contribution is 5.86. The molecule has 2 aromatic rings. The summed E-state index contributed by atoms with van der Waals surface area (Å²) in [7, 11) is 0. The summed E-state index contributed by atoms with van der Waals surface area (Å²) in [6.07, 6.45) is 0. The number of nitrogens with zero attached hydrogens (tertiary/aromatic N) is 3. The van der Waals surface area contributed by atoms with E-state index in [1.165, 1.54) is 0 Å². The minimum absolute atomic E-state index is 0.155. The number of carbonyl (C=O) groups excluding carboxylic acids is 1. The normalized spacial score (nSPS) is 10.2. The van der Waals surface area contributed by atoms with Gasteiger partial charge in [0.25, 0.3) is 0 Å². The van der Waals surface area contributed by atoms with E-state index < -0.39 is 5.97 Å². The van der Waals surface area contributed by atoms with Gasteiger partial charge in [0.1, 0.15) is 19.0 Å². The molecule has 25 heavy (non-hydrogen) atoms. The summed E-state index contributed by atoms with van der Waals surface area (Å²) in [4.78, 5) is 11.2. The summed E-state index contributed by atoms with van der Waals surface area (Å²) in [5, 5.41) is 17.1. The molecular formula is C19H17N3O3. The van der Waals surface area contributed by atoms with Crippen LogP contribution in [0.2, 0.25) is 0 Å². The Bertz CT molecular complexity index is 821. The maximum atomic E-state index is 11.2. The quantitative estimate of drug-likeness (QED) is 0.323. The van der Waals surface area contributed by atoms with E-state index in [0.29, 0.717) is 28.3 Å². The van der Waals surface area contributed by atoms with Crippen molar-refractivity contribution in [3.8, 4) is 11.8 Å². The van der Waals surface area contributed by atoms with Crippen LogP contribution in [-0.4, -0.2) is 19.2 Å². The second-order valence-electron chi connectivity index (χ2n) is 5.12. The molecule has 6 heteroatoms. The maximum Gasteiger partial charge on any atom is 0.333 e. The number of benzene rings is 2. The van der Waals surface area contributed by atoms with Crippen molar-refractivity contribution in [1.29, 1.82) is 5.26 Å². The second-order valence-corrected chi connectivity index (χ2v) is 5.12. The molecule has 0 aliphatic carbocycles. The maximum absolute atomic E-state index is 11.2. The topological polar surface area (TPSA) is 84.0 Å². The first-order valence-electron chi connectivity index (χ1n) is 7.56. The molecule has 0 aliphatic heterocycles. The van der Waals surface area contributed by atoms with Gasteiger partial charge in [-0.3, -0.25) is 0 Å². The summed E-state index contributed by atoms with van der Waals surface area (Å²) in [5.41, 5.74) is 2.16. The second kappa shape index (κ2) is 8.99. The van der Waals surface area contributed by atoms with E-state index in [0.717, 1.165) is 0 Å². The number of esters is 1. The molecule has 0 aliphatic rings. The summed E-state index contributed by atoms with van der Waals surface area (Å²) in [6.45, 7) is 5.50. The minimum Gasteiger partial charge on any atom is -0.490 e. The van der Waals surface area contributed by atoms with Crippen LogP contribution >= 0.6 is 0 Å². The van der Waals surface area contributed by atoms with E-state index in [1.807, 2.05) is 0 Å². The van der Waals surface area contributed by atoms with Crippen LogP contribution in [0, 0.1) is 11.3 Å². The van der Waals surface area contributed by atoms with E-state index in [4.69, 9.17) is 14.7 Å². The van der Waals surface area contributed by atoms with Crippen molar-refractivity contribution in [2.24, 2.45) is 10.2 Å². The van der Waals surface area contributed by atoms with Gasteiger partial charge < -0.3 is 9.47 Å². The van der Waals surface area contributed by atoms with Crippen LogP contribution in [0.5, 0.6) is 5.75 Å². The van der Waals surface area contributed by atoms with Crippen molar-refractivity contribution in [2.45, 2.75) is 6.92 Å². The predicted octanol–water partition coefficient (Wildman–Crippen LogP) is 4.47. The van der Waals surface area contributed by atoms with Crippen LogP contribution in [0.25, 0.3) is 0 Å². The van der Waals surface area contributed by atoms with Gasteiger partial charge in [0.15, 0.2) is 0 Å². The van der Waals surface area contributed by atoms with Crippen LogP contribution in [0.3, 0.4) is 0 Å². The van der Waals surface area contributed by atoms with Gasteiger partial charge in [0.05, 0.1) is 23.0 Å². The van der Waals surface area contributed by atoms with E-state index in [1.54, 1.807) is 55.5 Å². The third kappa shape index (κ3) is 5.92. The molecule has 0 saturated heterocycles. The Labute approximate surface area is 146 Å². The molecule has 0 heterocycles. The Morgan fingerprint density at radius 3 is 2.52 bits per heavy atom. The molecule has 0 spiro atoms. The molecule has 0 N–H and O–H groups in total. The molecule has 0 unspecified atom stereocenters. The number of ether oxygens (including phenoxy) is 2. The number of hydrogen-bond donors (Lipinski definition) is 0. The average molecular weight is 335 g/mol. The van der Waals surface area contributed by atoms with Gasteiger partial charge in [-0.05, 0) is 49.4 Å². The van der Waals surface area contributed by atoms with Gasteiger partial charge in [-0.2, -0.15) is 15.5 Å². The first kappa shape index (κ1) is 17.9. The highest BCUT2D eigenvalue weighted by Gasteiger charge is 2.02. The van der Waals surface area contributed by atoms with Gasteiger partial charge in [0.2, 0.25) is 0 Å². The zero-order valence-electron chi connectivity index (χ0n) is 13.8. The average Bonchev–Trinajstić information content (AvgIpc) is 2.64. The van der Waals surface area contributed by atoms with Crippen LogP contribution in [0.1, 0.15) is 12.5 Å². The summed E-state index contributed by atoms with van der Waals surface area (Å²) in [5.74, 6) is 0.205. The number of rotatable bonds is 7. The van der Waals surface area contributed by atoms with Crippen molar-refractivity contribution in [2.75, 3.05) is 13.2 Å². The fraction of sp³-hybridized carbons (Fsp3) is 0.158. The zero-order valence-corrected chi connectivity index (χ0v) is 13.8. The van der Waals surface area contributed by atoms with E-state index in [9.17, 15) is 4.79 Å². The number of nitriles is 1. The molecule has 0 amide bonds. The first-order chi connectivity index (χ1) is 12.1. The standard InChI is InChI=1S/C19H17N3O3/c1-14(2)19(23)25-11-10-24-18-8-6-16(7-9-18)21-22-17-5-3-4-15(12-17)13-20/h3-9,12H,1,10-11H2,2H3. The molecule has 0 atom stereocenters. The third-order valence-electron chi connectivity index (χ3n) is 3.03. The van der Waals surface area contributed by atoms with E-state index in [2.05, 4.69) is 22.9 Å². The molecule has 0 aromatic heterocycles. The largest absolute Gasteiger partial charge is 0.490 e. The molecule has 2 aromatic carbocycles. The highest BCUT2D eigenvalue weighted by atomic mass is 16.6. The van der Waals surface area contributed by atoms with E-state index >= 15 is 0 Å². The Balaban J connectivity index is 1.85. The third-order valence-corrected chi connectivity index (χ3v) is 3.03. The summed E-state index contributed by atoms with van der Waals surface area (Å²) < 4.78 is 10.4. The number of azo groups is 1. The summed E-state index contributed by atoms with van der Waals surface area (Å²) >= 11 is 0. The molecule has 6 nitrogen and oxygen atoms in total. The zero-order chi connectivity index (χ0) is 18.1. The molecule has 126 valence electrons. The van der Waals surface area contributed by atoms with E-state index in [-0.39, 0.29) is 13.2 Å². The van der Waals surface area contributed by atoms with Crippen LogP contribution in [0.4, 0.5) is 11.4 Å². The Morgan fingerprint density at radius 2 is 1.84 bits per heavy atom. The lowest BCUT2D eigenvalue weighted by molar-refractivity contribution is -0.139. The molecule has 0 fully saturated rings. The predicted molar refractivity (Wildman–Crippen MR) is 93.0 cm³/mol. The van der Waals surface area contributed by atoms with Crippen molar-refractivity contribution >= 4 is 17.3 Å². The van der Waals surface area contributed by atoms with Crippen molar-refractivity contribution in [3.05, 3.63) is 66.2 Å². The lowest BCUT2D eigenvalue weighted by Crippen LogP contribution is -2.12. The van der Waals surface area contributed by atoms with Crippen LogP contribution in [0.15, 0.2) is 70.9 Å². The number of carbonyl (C=O) groups is 1. The summed E-state index contributed by atoms with van der Waals surface area (Å²) in [6, 6.07) is 16.0. The van der Waals surface area contributed by atoms with Gasteiger partial charge >= 0.3 is 5.97 Å². The smallest absolute Gasteiger partial charge is 0.333 e. The van der Waals surface area contributed by atoms with Gasteiger partial charge in [-0.15, -0.1) is 0 Å². The lowest BCUT2D eigenvalue weighted by atomic mass is 10.2. The van der Waals surface area contributed by atoms with Gasteiger partial charge in [0, 0.05) is 5.57 Å². The van der Waals surface area contributed by atoms with Gasteiger partial charge in [-0.25, -0.2) is 4.79 Å². The molecule has 0 saturated carbocycles. The van der Waals surface area contributed by atoms with Crippen molar-refractivity contribution in [1.82, 2.24) is 0 Å². The van der Waals surface area contributed by atoms with Crippen molar-refractivity contribution in [3.63, 3.8) is 0 Å². The highest BCUT2D eigenvalue weighted by Crippen LogP contribution is 2.21. The monoisotopic (exact) mass is 335 g/mol. The molecule has 2 rings (SSSR count). The minimum atomic E-state index is -0.431. The Kier molecular flexibility index (Phi) is 6.43. The van der Waals surface area contributed by atoms with Crippen molar-refractivity contribution < 1.29 is 14.3 Å². The Hall–Kier alpha value is -3.46. The molecule has 0 radical (unpaired) electrons. The van der Waals surface area contributed by atoms with Gasteiger partial charge in [-0.1, -0.05) is 12.6 Å². The first-order valence-corrected chi connectivity index (χ1v) is 7.56. The SMILES string of the molecule is C=C(C)C(=O)OCCOc1ccc(N=Nc2cccc(C#N)c2)cc1. The number of hydrogen-bond acceptors (Lipinski definition) is 6. The molecular weight excluding hydrogens is 318 g/mol. The van der Waals surface area contributed by atoms with Crippen LogP contribution in [-0.2, 0) is 9.53 Å². The molecule has 0 bridgehead atoms. The fourth-order valence-electron chi connectivity index (χ4n) is 1.78. The van der Waals surface area contributed by atoms with Crippen LogP contribution < -0.4 is 4.74 Å². The fourth-order valence-corrected chi connectivity index (χ4v) is 1.78. The Morgan fingerprint density at radius 1 is 1.12 bits per heavy atom.